The van der Waals surface area contributed by atoms with Crippen LogP contribution in [0.1, 0.15) is 5.56 Å². The Bertz CT molecular complexity index is 934. The van der Waals surface area contributed by atoms with Crippen molar-refractivity contribution >= 4 is 49.1 Å². The SMILES string of the molecule is NC(=O)CN(c1cc(C(F)(F)F)ccc1Cl)S(=O)(=O)c1ccc(Br)cc1. The average molecular weight is 472 g/mol. The molecule has 0 spiro atoms. The minimum atomic E-state index is -4.72. The summed E-state index contributed by atoms with van der Waals surface area (Å²) in [5.74, 6) is -1.06. The van der Waals surface area contributed by atoms with Crippen molar-refractivity contribution in [3.05, 3.63) is 57.5 Å². The van der Waals surface area contributed by atoms with Gasteiger partial charge in [0.05, 0.1) is 21.2 Å². The quantitative estimate of drug-likeness (QED) is 0.720. The van der Waals surface area contributed by atoms with Gasteiger partial charge in [0.2, 0.25) is 5.91 Å². The number of hydrogen-bond donors (Lipinski definition) is 1. The zero-order valence-corrected chi connectivity index (χ0v) is 16.0. The van der Waals surface area contributed by atoms with Gasteiger partial charge in [-0.25, -0.2) is 8.42 Å². The highest BCUT2D eigenvalue weighted by molar-refractivity contribution is 9.10. The summed E-state index contributed by atoms with van der Waals surface area (Å²) in [6.07, 6.45) is -4.72. The van der Waals surface area contributed by atoms with Gasteiger partial charge in [0.15, 0.2) is 0 Å². The van der Waals surface area contributed by atoms with Crippen LogP contribution >= 0.6 is 27.5 Å². The van der Waals surface area contributed by atoms with Crippen LogP contribution in [-0.4, -0.2) is 20.9 Å². The third kappa shape index (κ3) is 4.49. The van der Waals surface area contributed by atoms with Crippen molar-refractivity contribution in [1.82, 2.24) is 0 Å². The van der Waals surface area contributed by atoms with Gasteiger partial charge in [0.1, 0.15) is 6.54 Å². The number of nitrogens with zero attached hydrogens (tertiary/aromatic N) is 1. The third-order valence-electron chi connectivity index (χ3n) is 3.24. The number of benzene rings is 2. The molecule has 0 aromatic heterocycles. The van der Waals surface area contributed by atoms with Crippen LogP contribution < -0.4 is 10.0 Å². The Morgan fingerprint density at radius 2 is 1.73 bits per heavy atom. The molecule has 0 saturated carbocycles. The number of amides is 1. The van der Waals surface area contributed by atoms with E-state index in [4.69, 9.17) is 17.3 Å². The first-order chi connectivity index (χ1) is 11.9. The lowest BCUT2D eigenvalue weighted by atomic mass is 10.2. The number of sulfonamides is 1. The standard InChI is InChI=1S/C15H11BrClF3N2O3S/c16-10-2-4-11(5-3-10)26(24,25)22(8-14(21)23)13-7-9(15(18,19)20)1-6-12(13)17/h1-7H,8H2,(H2,21,23). The van der Waals surface area contributed by atoms with Gasteiger partial charge in [-0.15, -0.1) is 0 Å². The van der Waals surface area contributed by atoms with Crippen molar-refractivity contribution in [3.8, 4) is 0 Å². The second-order valence-corrected chi connectivity index (χ2v) is 8.28. The molecule has 0 bridgehead atoms. The normalized spacial score (nSPS) is 12.0. The molecule has 0 heterocycles. The maximum atomic E-state index is 13.0. The van der Waals surface area contributed by atoms with Crippen molar-refractivity contribution in [3.63, 3.8) is 0 Å². The number of halogens is 5. The maximum Gasteiger partial charge on any atom is 0.416 e. The van der Waals surface area contributed by atoms with Gasteiger partial charge in [0, 0.05) is 4.47 Å². The zero-order valence-electron chi connectivity index (χ0n) is 12.8. The summed E-state index contributed by atoms with van der Waals surface area (Å²) < 4.78 is 65.7. The monoisotopic (exact) mass is 470 g/mol. The third-order valence-corrected chi connectivity index (χ3v) is 5.87. The molecular weight excluding hydrogens is 461 g/mol. The van der Waals surface area contributed by atoms with Crippen LogP contribution in [0.5, 0.6) is 0 Å². The molecule has 0 saturated heterocycles. The lowest BCUT2D eigenvalue weighted by Gasteiger charge is -2.25. The molecule has 2 rings (SSSR count). The van der Waals surface area contributed by atoms with Crippen LogP contribution in [0.3, 0.4) is 0 Å². The van der Waals surface area contributed by atoms with Gasteiger partial charge in [-0.05, 0) is 42.5 Å². The Kier molecular flexibility index (Phi) is 5.89. The van der Waals surface area contributed by atoms with Crippen LogP contribution in [0.4, 0.5) is 18.9 Å². The summed E-state index contributed by atoms with van der Waals surface area (Å²) in [5.41, 5.74) is 3.48. The summed E-state index contributed by atoms with van der Waals surface area (Å²) in [6, 6.07) is 7.50. The molecule has 2 aromatic carbocycles. The smallest absolute Gasteiger partial charge is 0.368 e. The lowest BCUT2D eigenvalue weighted by molar-refractivity contribution is -0.137. The van der Waals surface area contributed by atoms with Gasteiger partial charge in [-0.1, -0.05) is 27.5 Å². The highest BCUT2D eigenvalue weighted by Crippen LogP contribution is 2.37. The molecule has 2 aromatic rings. The second kappa shape index (κ2) is 7.45. The van der Waals surface area contributed by atoms with E-state index in [9.17, 15) is 26.4 Å². The molecule has 0 aliphatic heterocycles. The predicted molar refractivity (Wildman–Crippen MR) is 94.3 cm³/mol. The number of nitrogens with two attached hydrogens (primary N) is 1. The number of alkyl halides is 3. The number of hydrogen-bond acceptors (Lipinski definition) is 3. The molecule has 0 fully saturated rings. The Labute approximate surface area is 160 Å². The fourth-order valence-electron chi connectivity index (χ4n) is 2.06. The van der Waals surface area contributed by atoms with E-state index in [-0.39, 0.29) is 9.92 Å². The molecule has 1 amide bonds. The molecular formula is C15H11BrClF3N2O3S. The fraction of sp³-hybridized carbons (Fsp3) is 0.133. The molecule has 0 atom stereocenters. The largest absolute Gasteiger partial charge is 0.416 e. The molecule has 140 valence electrons. The minimum absolute atomic E-state index is 0.240. The molecule has 0 radical (unpaired) electrons. The Morgan fingerprint density at radius 3 is 2.23 bits per heavy atom. The average Bonchev–Trinajstić information content (AvgIpc) is 2.52. The molecule has 0 aliphatic rings. The van der Waals surface area contributed by atoms with Gasteiger partial charge >= 0.3 is 6.18 Å². The van der Waals surface area contributed by atoms with Gasteiger partial charge in [-0.2, -0.15) is 13.2 Å². The number of rotatable bonds is 5. The van der Waals surface area contributed by atoms with Crippen molar-refractivity contribution < 1.29 is 26.4 Å². The van der Waals surface area contributed by atoms with E-state index in [1.807, 2.05) is 0 Å². The van der Waals surface area contributed by atoms with E-state index in [1.165, 1.54) is 24.3 Å². The molecule has 0 aliphatic carbocycles. The van der Waals surface area contributed by atoms with E-state index < -0.39 is 39.9 Å². The predicted octanol–water partition coefficient (Wildman–Crippen LogP) is 3.80. The zero-order chi connectivity index (χ0) is 19.7. The van der Waals surface area contributed by atoms with Crippen LogP contribution in [0.25, 0.3) is 0 Å². The number of primary amides is 1. The first-order valence-corrected chi connectivity index (χ1v) is 9.47. The van der Waals surface area contributed by atoms with Gasteiger partial charge in [0.25, 0.3) is 10.0 Å². The highest BCUT2D eigenvalue weighted by atomic mass is 79.9. The van der Waals surface area contributed by atoms with Crippen LogP contribution in [0.15, 0.2) is 51.8 Å². The van der Waals surface area contributed by atoms with Crippen molar-refractivity contribution in [2.24, 2.45) is 5.73 Å². The Morgan fingerprint density at radius 1 is 1.15 bits per heavy atom. The van der Waals surface area contributed by atoms with E-state index in [1.54, 1.807) is 0 Å². The first kappa shape index (κ1) is 20.5. The van der Waals surface area contributed by atoms with Crippen molar-refractivity contribution in [1.29, 1.82) is 0 Å². The van der Waals surface area contributed by atoms with Crippen LogP contribution in [0.2, 0.25) is 5.02 Å². The number of carbonyl (C=O) groups excluding carboxylic acids is 1. The maximum absolute atomic E-state index is 13.0. The van der Waals surface area contributed by atoms with Crippen molar-refractivity contribution in [2.75, 3.05) is 10.8 Å². The van der Waals surface area contributed by atoms with E-state index in [2.05, 4.69) is 15.9 Å². The van der Waals surface area contributed by atoms with E-state index in [0.29, 0.717) is 20.9 Å². The highest BCUT2D eigenvalue weighted by Gasteiger charge is 2.34. The van der Waals surface area contributed by atoms with E-state index >= 15 is 0 Å². The fourth-order valence-corrected chi connectivity index (χ4v) is 4.03. The van der Waals surface area contributed by atoms with Crippen molar-refractivity contribution in [2.45, 2.75) is 11.1 Å². The van der Waals surface area contributed by atoms with E-state index in [0.717, 1.165) is 6.07 Å². The van der Waals surface area contributed by atoms with Gasteiger partial charge < -0.3 is 5.73 Å². The lowest BCUT2D eigenvalue weighted by Crippen LogP contribution is -2.38. The topological polar surface area (TPSA) is 80.5 Å². The summed E-state index contributed by atoms with van der Waals surface area (Å²) in [6.45, 7) is -0.876. The summed E-state index contributed by atoms with van der Waals surface area (Å²) >= 11 is 9.06. The number of anilines is 1. The van der Waals surface area contributed by atoms with Crippen LogP contribution in [0, 0.1) is 0 Å². The Hall–Kier alpha value is -1.78. The number of carbonyl (C=O) groups is 1. The second-order valence-electron chi connectivity index (χ2n) is 5.10. The summed E-state index contributed by atoms with van der Waals surface area (Å²) in [7, 11) is -4.39. The molecule has 26 heavy (non-hydrogen) atoms. The molecule has 2 N–H and O–H groups in total. The van der Waals surface area contributed by atoms with Crippen LogP contribution in [-0.2, 0) is 21.0 Å². The molecule has 0 unspecified atom stereocenters. The summed E-state index contributed by atoms with van der Waals surface area (Å²) in [4.78, 5) is 11.1. The minimum Gasteiger partial charge on any atom is -0.368 e. The first-order valence-electron chi connectivity index (χ1n) is 6.86. The molecule has 5 nitrogen and oxygen atoms in total. The Balaban J connectivity index is 2.65. The van der Waals surface area contributed by atoms with Gasteiger partial charge in [-0.3, -0.25) is 9.10 Å². The molecule has 11 heteroatoms. The summed E-state index contributed by atoms with van der Waals surface area (Å²) in [5, 5.41) is -0.278.